The zero-order valence-electron chi connectivity index (χ0n) is 16.1. The van der Waals surface area contributed by atoms with Gasteiger partial charge in [0.2, 0.25) is 5.88 Å². The van der Waals surface area contributed by atoms with E-state index in [4.69, 9.17) is 14.3 Å². The first-order valence-electron chi connectivity index (χ1n) is 9.23. The summed E-state index contributed by atoms with van der Waals surface area (Å²) in [6, 6.07) is 4.75. The Morgan fingerprint density at radius 3 is 2.66 bits per heavy atom. The van der Waals surface area contributed by atoms with Gasteiger partial charge in [-0.2, -0.15) is 0 Å². The molecule has 1 aliphatic heterocycles. The molecule has 156 valence electrons. The van der Waals surface area contributed by atoms with Gasteiger partial charge in [0, 0.05) is 38.1 Å². The fourth-order valence-electron chi connectivity index (χ4n) is 2.73. The number of halogens is 2. The molecule has 0 amide bonds. The molecule has 3 rings (SSSR count). The van der Waals surface area contributed by atoms with Crippen LogP contribution >= 0.6 is 0 Å². The molecule has 0 aliphatic carbocycles. The van der Waals surface area contributed by atoms with Crippen molar-refractivity contribution in [3.63, 3.8) is 0 Å². The molecule has 1 saturated heterocycles. The molecule has 2 aromatic rings. The third-order valence-corrected chi connectivity index (χ3v) is 4.06. The minimum absolute atomic E-state index is 0.0924. The first kappa shape index (κ1) is 20.7. The van der Waals surface area contributed by atoms with Gasteiger partial charge in [-0.25, -0.2) is 23.5 Å². The maximum atomic E-state index is 13.8. The Hall–Kier alpha value is -3.01. The van der Waals surface area contributed by atoms with E-state index < -0.39 is 17.8 Å². The van der Waals surface area contributed by atoms with Crippen LogP contribution in [0.3, 0.4) is 0 Å². The molecule has 1 aromatic carbocycles. The highest BCUT2D eigenvalue weighted by Gasteiger charge is 2.24. The molecule has 0 bridgehead atoms. The SMILES string of the molecule is CC(C)OC(=O)ON1CCC(Oc2cc(Nc3ccc(F)cc3F)ncn2)CC1. The topological polar surface area (TPSA) is 85.8 Å². The number of carbonyl (C=O) groups excluding carboxylic acids is 1. The van der Waals surface area contributed by atoms with Crippen molar-refractivity contribution < 1.29 is 27.9 Å². The number of ether oxygens (including phenoxy) is 2. The lowest BCUT2D eigenvalue weighted by Gasteiger charge is -2.30. The molecule has 1 aromatic heterocycles. The van der Waals surface area contributed by atoms with Crippen LogP contribution in [-0.2, 0) is 9.57 Å². The van der Waals surface area contributed by atoms with Crippen LogP contribution in [0.5, 0.6) is 5.88 Å². The summed E-state index contributed by atoms with van der Waals surface area (Å²) in [5.41, 5.74) is 0.0924. The van der Waals surface area contributed by atoms with Gasteiger partial charge in [0.25, 0.3) is 0 Å². The van der Waals surface area contributed by atoms with Gasteiger partial charge in [0.1, 0.15) is 29.9 Å². The van der Waals surface area contributed by atoms with Gasteiger partial charge >= 0.3 is 6.16 Å². The summed E-state index contributed by atoms with van der Waals surface area (Å²) in [6.45, 7) is 4.48. The van der Waals surface area contributed by atoms with E-state index >= 15 is 0 Å². The zero-order chi connectivity index (χ0) is 20.8. The number of aromatic nitrogens is 2. The normalized spacial score (nSPS) is 15.2. The van der Waals surface area contributed by atoms with Gasteiger partial charge in [0.05, 0.1) is 11.8 Å². The molecule has 0 unspecified atom stereocenters. The Morgan fingerprint density at radius 2 is 1.97 bits per heavy atom. The molecule has 2 heterocycles. The largest absolute Gasteiger partial charge is 0.528 e. The fourth-order valence-corrected chi connectivity index (χ4v) is 2.73. The molecule has 0 atom stereocenters. The predicted octanol–water partition coefficient (Wildman–Crippen LogP) is 3.82. The second kappa shape index (κ2) is 9.46. The molecule has 0 radical (unpaired) electrons. The Bertz CT molecular complexity index is 845. The van der Waals surface area contributed by atoms with E-state index in [9.17, 15) is 13.6 Å². The first-order valence-corrected chi connectivity index (χ1v) is 9.23. The number of hydrogen-bond donors (Lipinski definition) is 1. The third-order valence-electron chi connectivity index (χ3n) is 4.06. The van der Waals surface area contributed by atoms with Crippen molar-refractivity contribution in [3.05, 3.63) is 42.2 Å². The summed E-state index contributed by atoms with van der Waals surface area (Å²) >= 11 is 0. The van der Waals surface area contributed by atoms with E-state index in [-0.39, 0.29) is 17.9 Å². The van der Waals surface area contributed by atoms with E-state index in [0.29, 0.717) is 37.6 Å². The third kappa shape index (κ3) is 6.24. The average molecular weight is 408 g/mol. The molecular weight excluding hydrogens is 386 g/mol. The molecule has 1 fully saturated rings. The number of piperidine rings is 1. The van der Waals surface area contributed by atoms with Gasteiger partial charge in [-0.1, -0.05) is 0 Å². The van der Waals surface area contributed by atoms with Crippen molar-refractivity contribution >= 4 is 17.7 Å². The Labute approximate surface area is 166 Å². The Morgan fingerprint density at radius 1 is 1.21 bits per heavy atom. The molecule has 0 spiro atoms. The molecule has 0 saturated carbocycles. The summed E-state index contributed by atoms with van der Waals surface area (Å²) in [7, 11) is 0. The zero-order valence-corrected chi connectivity index (χ0v) is 16.1. The molecule has 29 heavy (non-hydrogen) atoms. The number of carbonyl (C=O) groups is 1. The van der Waals surface area contributed by atoms with Crippen LogP contribution in [0, 0.1) is 11.6 Å². The summed E-state index contributed by atoms with van der Waals surface area (Å²) in [5.74, 6) is -0.747. The highest BCUT2D eigenvalue weighted by Crippen LogP contribution is 2.23. The number of rotatable bonds is 6. The molecule has 1 N–H and O–H groups in total. The van der Waals surface area contributed by atoms with Crippen molar-refractivity contribution in [2.24, 2.45) is 0 Å². The fraction of sp³-hybridized carbons (Fsp3) is 0.421. The number of nitrogens with one attached hydrogen (secondary N) is 1. The smallest absolute Gasteiger partial charge is 0.474 e. The van der Waals surface area contributed by atoms with E-state index in [0.717, 1.165) is 12.1 Å². The van der Waals surface area contributed by atoms with Gasteiger partial charge < -0.3 is 19.6 Å². The molecule has 8 nitrogen and oxygen atoms in total. The minimum Gasteiger partial charge on any atom is -0.474 e. The van der Waals surface area contributed by atoms with Crippen LogP contribution in [0.4, 0.5) is 25.1 Å². The summed E-state index contributed by atoms with van der Waals surface area (Å²) in [6.07, 6.45) is 1.44. The number of benzene rings is 1. The average Bonchev–Trinajstić information content (AvgIpc) is 2.65. The maximum Gasteiger partial charge on any atom is 0.528 e. The van der Waals surface area contributed by atoms with Crippen molar-refractivity contribution in [2.75, 3.05) is 18.4 Å². The second-order valence-corrected chi connectivity index (χ2v) is 6.74. The van der Waals surface area contributed by atoms with Crippen molar-refractivity contribution in [2.45, 2.75) is 38.9 Å². The van der Waals surface area contributed by atoms with E-state index in [1.807, 2.05) is 0 Å². The molecule has 10 heteroatoms. The van der Waals surface area contributed by atoms with Gasteiger partial charge in [-0.05, 0) is 26.0 Å². The highest BCUT2D eigenvalue weighted by molar-refractivity contribution is 5.59. The van der Waals surface area contributed by atoms with E-state index in [1.54, 1.807) is 13.8 Å². The van der Waals surface area contributed by atoms with Gasteiger partial charge in [-0.3, -0.25) is 0 Å². The lowest BCUT2D eigenvalue weighted by atomic mass is 10.1. The number of hydroxylamine groups is 2. The molecular formula is C19H22F2N4O4. The first-order chi connectivity index (χ1) is 13.9. The van der Waals surface area contributed by atoms with Crippen LogP contribution < -0.4 is 10.1 Å². The quantitative estimate of drug-likeness (QED) is 0.722. The van der Waals surface area contributed by atoms with E-state index in [1.165, 1.54) is 23.5 Å². The van der Waals surface area contributed by atoms with Gasteiger partial charge in [-0.15, -0.1) is 5.06 Å². The Kier molecular flexibility index (Phi) is 6.76. The monoisotopic (exact) mass is 408 g/mol. The van der Waals surface area contributed by atoms with Crippen LogP contribution in [0.15, 0.2) is 30.6 Å². The summed E-state index contributed by atoms with van der Waals surface area (Å²) < 4.78 is 37.6. The van der Waals surface area contributed by atoms with Crippen LogP contribution in [-0.4, -0.2) is 46.5 Å². The summed E-state index contributed by atoms with van der Waals surface area (Å²) in [4.78, 5) is 24.7. The van der Waals surface area contributed by atoms with E-state index in [2.05, 4.69) is 15.3 Å². The second-order valence-electron chi connectivity index (χ2n) is 6.74. The van der Waals surface area contributed by atoms with Crippen LogP contribution in [0.2, 0.25) is 0 Å². The standard InChI is InChI=1S/C19H22F2N4O4/c1-12(2)27-19(26)29-25-7-5-14(6-8-25)28-18-10-17(22-11-23-18)24-16-4-3-13(20)9-15(16)21/h3-4,9-12,14H,5-8H2,1-2H3,(H,22,23,24). The highest BCUT2D eigenvalue weighted by atomic mass is 19.1. The van der Waals surface area contributed by atoms with Crippen molar-refractivity contribution in [1.29, 1.82) is 0 Å². The van der Waals surface area contributed by atoms with Gasteiger partial charge in [0.15, 0.2) is 0 Å². The summed E-state index contributed by atoms with van der Waals surface area (Å²) in [5, 5.41) is 4.31. The number of nitrogens with zero attached hydrogens (tertiary/aromatic N) is 3. The lowest BCUT2D eigenvalue weighted by Crippen LogP contribution is -2.40. The van der Waals surface area contributed by atoms with Crippen molar-refractivity contribution in [1.82, 2.24) is 15.0 Å². The lowest BCUT2D eigenvalue weighted by molar-refractivity contribution is -0.151. The minimum atomic E-state index is -0.727. The number of hydrogen-bond acceptors (Lipinski definition) is 8. The predicted molar refractivity (Wildman–Crippen MR) is 99.6 cm³/mol. The Balaban J connectivity index is 1.51. The number of anilines is 2. The molecule has 1 aliphatic rings. The van der Waals surface area contributed by atoms with Crippen LogP contribution in [0.25, 0.3) is 0 Å². The van der Waals surface area contributed by atoms with Crippen molar-refractivity contribution in [3.8, 4) is 5.88 Å². The van der Waals surface area contributed by atoms with Crippen LogP contribution in [0.1, 0.15) is 26.7 Å². The maximum absolute atomic E-state index is 13.8.